The zero-order valence-corrected chi connectivity index (χ0v) is 19.6. The number of aromatic nitrogens is 4. The Morgan fingerprint density at radius 1 is 0.844 bits per heavy atom. The normalized spacial score (nSPS) is 10.3. The van der Waals surface area contributed by atoms with Crippen LogP contribution in [0.3, 0.4) is 0 Å². The molecule has 0 fully saturated rings. The van der Waals surface area contributed by atoms with Gasteiger partial charge in [-0.3, -0.25) is 9.36 Å². The van der Waals surface area contributed by atoms with Crippen molar-refractivity contribution in [3.05, 3.63) is 99.0 Å². The van der Waals surface area contributed by atoms with Crippen molar-refractivity contribution in [2.45, 2.75) is 40.5 Å². The molecule has 0 radical (unpaired) electrons. The van der Waals surface area contributed by atoms with E-state index in [4.69, 9.17) is 4.74 Å². The molecule has 0 spiro atoms. The number of rotatable bonds is 5. The van der Waals surface area contributed by atoms with Gasteiger partial charge in [-0.1, -0.05) is 88.4 Å². The third kappa shape index (κ3) is 5.06. The van der Waals surface area contributed by atoms with Gasteiger partial charge in [-0.15, -0.1) is 0 Å². The zero-order chi connectivity index (χ0) is 23.7. The Morgan fingerprint density at radius 3 is 1.84 bits per heavy atom. The van der Waals surface area contributed by atoms with E-state index in [1.807, 2.05) is 88.4 Å². The molecular formula is C25H32N4O3. The lowest BCUT2D eigenvalue weighted by Gasteiger charge is -2.19. The molecule has 0 aliphatic rings. The quantitative estimate of drug-likeness (QED) is 0.469. The van der Waals surface area contributed by atoms with Gasteiger partial charge < -0.3 is 9.30 Å². The summed E-state index contributed by atoms with van der Waals surface area (Å²) in [6, 6.07) is 19.4. The van der Waals surface area contributed by atoms with E-state index >= 15 is 0 Å². The van der Waals surface area contributed by atoms with E-state index in [0.717, 1.165) is 15.7 Å². The summed E-state index contributed by atoms with van der Waals surface area (Å²) < 4.78 is 10.2. The Kier molecular flexibility index (Phi) is 9.16. The molecule has 2 aromatic carbocycles. The molecule has 7 heteroatoms. The minimum atomic E-state index is -0.462. The molecule has 2 aromatic heterocycles. The minimum Gasteiger partial charge on any atom is -0.348 e. The fraction of sp³-hybridized carbons (Fsp3) is 0.320. The van der Waals surface area contributed by atoms with Crippen LogP contribution in [0.5, 0.6) is 0 Å². The number of imidazole rings is 1. The van der Waals surface area contributed by atoms with Gasteiger partial charge in [-0.25, -0.2) is 14.3 Å². The van der Waals surface area contributed by atoms with Gasteiger partial charge in [0.25, 0.3) is 5.56 Å². The second-order valence-corrected chi connectivity index (χ2v) is 6.60. The highest BCUT2D eigenvalue weighted by molar-refractivity contribution is 5.69. The fourth-order valence-corrected chi connectivity index (χ4v) is 3.30. The summed E-state index contributed by atoms with van der Waals surface area (Å²) in [5, 5.41) is 0. The molecule has 32 heavy (non-hydrogen) atoms. The lowest BCUT2D eigenvalue weighted by Crippen LogP contribution is -2.40. The minimum absolute atomic E-state index is 0.166. The van der Waals surface area contributed by atoms with Crippen LogP contribution in [0.1, 0.15) is 44.9 Å². The van der Waals surface area contributed by atoms with Crippen LogP contribution >= 0.6 is 0 Å². The van der Waals surface area contributed by atoms with Crippen molar-refractivity contribution in [3.63, 3.8) is 0 Å². The Bertz CT molecular complexity index is 1190. The molecule has 0 bridgehead atoms. The van der Waals surface area contributed by atoms with Crippen molar-refractivity contribution in [2.24, 2.45) is 14.1 Å². The highest BCUT2D eigenvalue weighted by Crippen LogP contribution is 2.25. The average molecular weight is 437 g/mol. The number of nitrogens with zero attached hydrogens (tertiary/aromatic N) is 4. The second kappa shape index (κ2) is 11.8. The van der Waals surface area contributed by atoms with Crippen molar-refractivity contribution in [1.29, 1.82) is 0 Å². The first-order valence-electron chi connectivity index (χ1n) is 10.9. The highest BCUT2D eigenvalue weighted by Gasteiger charge is 2.18. The fourth-order valence-electron chi connectivity index (χ4n) is 3.30. The molecule has 7 nitrogen and oxygen atoms in total. The smallest absolute Gasteiger partial charge is 0.334 e. The van der Waals surface area contributed by atoms with Crippen molar-refractivity contribution in [2.75, 3.05) is 0 Å². The Balaban J connectivity index is 0.000000860. The molecule has 0 saturated heterocycles. The lowest BCUT2D eigenvalue weighted by molar-refractivity contribution is 0.0245. The highest BCUT2D eigenvalue weighted by atomic mass is 16.5. The zero-order valence-electron chi connectivity index (χ0n) is 19.6. The Morgan fingerprint density at radius 2 is 1.34 bits per heavy atom. The summed E-state index contributed by atoms with van der Waals surface area (Å²) >= 11 is 0. The molecular weight excluding hydrogens is 404 g/mol. The molecule has 0 N–H and O–H groups in total. The molecule has 0 aliphatic heterocycles. The summed E-state index contributed by atoms with van der Waals surface area (Å²) in [5.74, 6) is 0. The first kappa shape index (κ1) is 24.8. The van der Waals surface area contributed by atoms with Gasteiger partial charge in [0.1, 0.15) is 12.8 Å². The first-order chi connectivity index (χ1) is 15.6. The van der Waals surface area contributed by atoms with Crippen LogP contribution in [0.4, 0.5) is 0 Å². The van der Waals surface area contributed by atoms with E-state index in [0.29, 0.717) is 11.2 Å². The second-order valence-electron chi connectivity index (χ2n) is 6.60. The van der Waals surface area contributed by atoms with E-state index in [1.165, 1.54) is 10.9 Å². The predicted molar refractivity (Wildman–Crippen MR) is 129 cm³/mol. The van der Waals surface area contributed by atoms with Gasteiger partial charge in [0.15, 0.2) is 11.2 Å². The molecule has 0 unspecified atom stereocenters. The monoisotopic (exact) mass is 436 g/mol. The van der Waals surface area contributed by atoms with E-state index in [9.17, 15) is 9.59 Å². The molecule has 0 atom stereocenters. The third-order valence-corrected chi connectivity index (χ3v) is 4.78. The molecule has 4 rings (SSSR count). The molecule has 0 amide bonds. The molecule has 0 aliphatic carbocycles. The van der Waals surface area contributed by atoms with Gasteiger partial charge in [0, 0.05) is 14.1 Å². The number of benzene rings is 2. The van der Waals surface area contributed by atoms with Crippen LogP contribution in [0, 0.1) is 0 Å². The van der Waals surface area contributed by atoms with Gasteiger partial charge in [0.05, 0.1) is 6.33 Å². The van der Waals surface area contributed by atoms with Crippen LogP contribution < -0.4 is 11.2 Å². The van der Waals surface area contributed by atoms with Crippen LogP contribution in [0.15, 0.2) is 76.6 Å². The summed E-state index contributed by atoms with van der Waals surface area (Å²) in [6.45, 7) is 7.83. The van der Waals surface area contributed by atoms with E-state index in [2.05, 4.69) is 4.98 Å². The van der Waals surface area contributed by atoms with Crippen LogP contribution in [0.2, 0.25) is 0 Å². The SMILES string of the molecule is CC.CC.Cn1cnc2c1c(=O)n(COC(c1ccccc1)c1ccccc1)c(=O)n2C. The summed E-state index contributed by atoms with van der Waals surface area (Å²) in [5.41, 5.74) is 1.73. The van der Waals surface area contributed by atoms with Crippen LogP contribution in [-0.4, -0.2) is 18.7 Å². The first-order valence-corrected chi connectivity index (χ1v) is 10.9. The number of ether oxygens (including phenoxy) is 1. The van der Waals surface area contributed by atoms with E-state index in [1.54, 1.807) is 18.7 Å². The van der Waals surface area contributed by atoms with Crippen molar-refractivity contribution < 1.29 is 4.74 Å². The van der Waals surface area contributed by atoms with Crippen LogP contribution in [0.25, 0.3) is 11.2 Å². The topological polar surface area (TPSA) is 71.1 Å². The van der Waals surface area contributed by atoms with Crippen LogP contribution in [-0.2, 0) is 25.6 Å². The predicted octanol–water partition coefficient (Wildman–Crippen LogP) is 4.25. The maximum absolute atomic E-state index is 12.9. The van der Waals surface area contributed by atoms with E-state index in [-0.39, 0.29) is 6.73 Å². The van der Waals surface area contributed by atoms with E-state index < -0.39 is 17.4 Å². The number of hydrogen-bond donors (Lipinski definition) is 0. The van der Waals surface area contributed by atoms with Crippen molar-refractivity contribution in [3.8, 4) is 0 Å². The van der Waals surface area contributed by atoms with Gasteiger partial charge >= 0.3 is 5.69 Å². The number of hydrogen-bond acceptors (Lipinski definition) is 4. The van der Waals surface area contributed by atoms with Gasteiger partial charge in [-0.05, 0) is 11.1 Å². The van der Waals surface area contributed by atoms with Crippen molar-refractivity contribution >= 4 is 11.2 Å². The Labute approximate surface area is 188 Å². The largest absolute Gasteiger partial charge is 0.348 e. The standard InChI is InChI=1S/C21H20N4O3.2C2H6/c1-23-13-22-19-17(23)20(26)25(21(27)24(19)2)14-28-18(15-9-5-3-6-10-15)16-11-7-4-8-12-16;2*1-2/h3-13,18H,14H2,1-2H3;2*1-2H3. The molecule has 4 aromatic rings. The maximum atomic E-state index is 12.9. The molecule has 0 saturated carbocycles. The Hall–Kier alpha value is -3.45. The van der Waals surface area contributed by atoms with Gasteiger partial charge in [0.2, 0.25) is 0 Å². The van der Waals surface area contributed by atoms with Crippen molar-refractivity contribution in [1.82, 2.24) is 18.7 Å². The molecule has 2 heterocycles. The summed E-state index contributed by atoms with van der Waals surface area (Å²) in [7, 11) is 3.32. The molecule has 170 valence electrons. The van der Waals surface area contributed by atoms with Gasteiger partial charge in [-0.2, -0.15) is 0 Å². The lowest BCUT2D eigenvalue weighted by atomic mass is 10.0. The third-order valence-electron chi connectivity index (χ3n) is 4.78. The maximum Gasteiger partial charge on any atom is 0.334 e. The number of aryl methyl sites for hydroxylation is 2. The summed E-state index contributed by atoms with van der Waals surface area (Å²) in [6.07, 6.45) is 1.12. The average Bonchev–Trinajstić information content (AvgIpc) is 3.25. The number of fused-ring (bicyclic) bond motifs is 1. The summed E-state index contributed by atoms with van der Waals surface area (Å²) in [4.78, 5) is 29.7.